The maximum atomic E-state index is 12.1. The minimum absolute atomic E-state index is 0.0821. The summed E-state index contributed by atoms with van der Waals surface area (Å²) < 4.78 is 0. The standard InChI is InChI=1S/C14H10N2OS/c17-13-12(10-11-6-2-1-3-7-11)15-14-16(13)8-4-5-9-18-14/h1-10H/b12-10+. The summed E-state index contributed by atoms with van der Waals surface area (Å²) in [5.41, 5.74) is 1.45. The number of hydrogen-bond acceptors (Lipinski definition) is 3. The number of carbonyl (C=O) groups excluding carboxylic acids is 1. The molecule has 2 aliphatic rings. The predicted molar refractivity (Wildman–Crippen MR) is 74.6 cm³/mol. The molecule has 0 saturated heterocycles. The largest absolute Gasteiger partial charge is 0.282 e. The third-order valence-corrected chi connectivity index (χ3v) is 3.35. The van der Waals surface area contributed by atoms with Crippen LogP contribution in [0.2, 0.25) is 0 Å². The Kier molecular flexibility index (Phi) is 2.86. The number of hydrogen-bond donors (Lipinski definition) is 0. The van der Waals surface area contributed by atoms with Crippen LogP contribution in [0.25, 0.3) is 6.08 Å². The Bertz CT molecular complexity index is 599. The highest BCUT2D eigenvalue weighted by Crippen LogP contribution is 2.26. The molecule has 0 unspecified atom stereocenters. The van der Waals surface area contributed by atoms with Crippen molar-refractivity contribution in [1.29, 1.82) is 0 Å². The number of aliphatic imine (C=N–C) groups is 1. The van der Waals surface area contributed by atoms with E-state index in [0.29, 0.717) is 10.9 Å². The number of thioether (sulfide) groups is 1. The Morgan fingerprint density at radius 1 is 1.17 bits per heavy atom. The van der Waals surface area contributed by atoms with Crippen LogP contribution in [0.1, 0.15) is 5.56 Å². The second-order valence-corrected chi connectivity index (χ2v) is 4.67. The topological polar surface area (TPSA) is 32.7 Å². The molecular formula is C14H10N2OS. The van der Waals surface area contributed by atoms with Crippen molar-refractivity contribution in [3.63, 3.8) is 0 Å². The maximum absolute atomic E-state index is 12.1. The number of benzene rings is 1. The van der Waals surface area contributed by atoms with E-state index in [1.807, 2.05) is 54.0 Å². The van der Waals surface area contributed by atoms with E-state index in [0.717, 1.165) is 5.56 Å². The fourth-order valence-electron chi connectivity index (χ4n) is 1.71. The Balaban J connectivity index is 1.96. The Labute approximate surface area is 109 Å². The van der Waals surface area contributed by atoms with Crippen molar-refractivity contribution in [1.82, 2.24) is 4.90 Å². The van der Waals surface area contributed by atoms with Gasteiger partial charge in [-0.25, -0.2) is 4.99 Å². The number of fused-ring (bicyclic) bond motifs is 1. The number of rotatable bonds is 1. The van der Waals surface area contributed by atoms with Crippen LogP contribution in [0.5, 0.6) is 0 Å². The lowest BCUT2D eigenvalue weighted by atomic mass is 10.2. The molecule has 0 bridgehead atoms. The Hall–Kier alpha value is -2.07. The summed E-state index contributed by atoms with van der Waals surface area (Å²) in [7, 11) is 0. The second kappa shape index (κ2) is 4.66. The van der Waals surface area contributed by atoms with Gasteiger partial charge in [0.2, 0.25) is 0 Å². The quantitative estimate of drug-likeness (QED) is 0.722. The average Bonchev–Trinajstić information content (AvgIpc) is 2.58. The van der Waals surface area contributed by atoms with Crippen LogP contribution < -0.4 is 0 Å². The highest BCUT2D eigenvalue weighted by Gasteiger charge is 2.28. The molecule has 0 N–H and O–H groups in total. The van der Waals surface area contributed by atoms with Crippen LogP contribution in [-0.2, 0) is 4.79 Å². The van der Waals surface area contributed by atoms with Crippen LogP contribution >= 0.6 is 11.8 Å². The fraction of sp³-hybridized carbons (Fsp3) is 0. The summed E-state index contributed by atoms with van der Waals surface area (Å²) >= 11 is 1.44. The van der Waals surface area contributed by atoms with Crippen molar-refractivity contribution < 1.29 is 4.79 Å². The Morgan fingerprint density at radius 2 is 2.00 bits per heavy atom. The molecule has 88 valence electrons. The zero-order chi connectivity index (χ0) is 12.4. The van der Waals surface area contributed by atoms with Gasteiger partial charge >= 0.3 is 0 Å². The van der Waals surface area contributed by atoms with Crippen LogP contribution in [-0.4, -0.2) is 16.0 Å². The van der Waals surface area contributed by atoms with Crippen LogP contribution in [0.3, 0.4) is 0 Å². The number of allylic oxidation sites excluding steroid dienone is 2. The van der Waals surface area contributed by atoms with Gasteiger partial charge < -0.3 is 0 Å². The molecule has 0 fully saturated rings. The molecule has 0 aromatic heterocycles. The number of amidine groups is 1. The van der Waals surface area contributed by atoms with Gasteiger partial charge in [0, 0.05) is 6.20 Å². The van der Waals surface area contributed by atoms with Gasteiger partial charge in [0.1, 0.15) is 5.70 Å². The molecule has 0 spiro atoms. The van der Waals surface area contributed by atoms with Crippen molar-refractivity contribution in [2.45, 2.75) is 0 Å². The molecule has 3 rings (SSSR count). The third-order valence-electron chi connectivity index (χ3n) is 2.56. The van der Waals surface area contributed by atoms with Crippen molar-refractivity contribution in [3.05, 3.63) is 65.4 Å². The molecule has 1 amide bonds. The minimum Gasteiger partial charge on any atom is -0.266 e. The summed E-state index contributed by atoms with van der Waals surface area (Å²) in [5.74, 6) is -0.0821. The molecule has 0 radical (unpaired) electrons. The smallest absolute Gasteiger partial charge is 0.266 e. The molecular weight excluding hydrogens is 244 g/mol. The van der Waals surface area contributed by atoms with Gasteiger partial charge in [0.05, 0.1) is 0 Å². The van der Waals surface area contributed by atoms with E-state index >= 15 is 0 Å². The van der Waals surface area contributed by atoms with E-state index < -0.39 is 0 Å². The van der Waals surface area contributed by atoms with E-state index in [-0.39, 0.29) is 5.91 Å². The average molecular weight is 254 g/mol. The van der Waals surface area contributed by atoms with Gasteiger partial charge in [0.15, 0.2) is 5.17 Å². The van der Waals surface area contributed by atoms with Gasteiger partial charge in [-0.15, -0.1) is 0 Å². The molecule has 1 aromatic carbocycles. The molecule has 1 aromatic rings. The first-order valence-corrected chi connectivity index (χ1v) is 6.41. The predicted octanol–water partition coefficient (Wildman–Crippen LogP) is 3.00. The van der Waals surface area contributed by atoms with E-state index in [2.05, 4.69) is 4.99 Å². The molecule has 2 heterocycles. The van der Waals surface area contributed by atoms with Gasteiger partial charge in [-0.05, 0) is 23.1 Å². The highest BCUT2D eigenvalue weighted by atomic mass is 32.2. The number of amides is 1. The van der Waals surface area contributed by atoms with Gasteiger partial charge in [-0.2, -0.15) is 0 Å². The molecule has 0 atom stereocenters. The fourth-order valence-corrected chi connectivity index (χ4v) is 2.41. The van der Waals surface area contributed by atoms with E-state index in [9.17, 15) is 4.79 Å². The first kappa shape index (κ1) is 11.0. The lowest BCUT2D eigenvalue weighted by Gasteiger charge is -2.08. The first-order valence-electron chi connectivity index (χ1n) is 5.53. The van der Waals surface area contributed by atoms with Gasteiger partial charge in [0.25, 0.3) is 5.91 Å². The van der Waals surface area contributed by atoms with Gasteiger partial charge in [-0.1, -0.05) is 48.2 Å². The SMILES string of the molecule is O=C1/C(=C\c2ccccc2)N=C2SC=CC=CN12. The highest BCUT2D eigenvalue weighted by molar-refractivity contribution is 8.16. The maximum Gasteiger partial charge on any atom is 0.282 e. The zero-order valence-electron chi connectivity index (χ0n) is 9.48. The second-order valence-electron chi connectivity index (χ2n) is 3.80. The van der Waals surface area contributed by atoms with Gasteiger partial charge in [-0.3, -0.25) is 9.69 Å². The molecule has 3 nitrogen and oxygen atoms in total. The monoisotopic (exact) mass is 254 g/mol. The van der Waals surface area contributed by atoms with E-state index in [4.69, 9.17) is 0 Å². The first-order chi connectivity index (χ1) is 8.84. The lowest BCUT2D eigenvalue weighted by Crippen LogP contribution is -2.23. The Morgan fingerprint density at radius 3 is 2.83 bits per heavy atom. The molecule has 0 saturated carbocycles. The third kappa shape index (κ3) is 2.02. The van der Waals surface area contributed by atoms with Crippen molar-refractivity contribution in [2.24, 2.45) is 4.99 Å². The zero-order valence-corrected chi connectivity index (χ0v) is 10.3. The van der Waals surface area contributed by atoms with Crippen molar-refractivity contribution >= 4 is 28.9 Å². The summed E-state index contributed by atoms with van der Waals surface area (Å²) in [5, 5.41) is 2.61. The van der Waals surface area contributed by atoms with Crippen LogP contribution in [0.4, 0.5) is 0 Å². The molecule has 0 aliphatic carbocycles. The summed E-state index contributed by atoms with van der Waals surface area (Å²) in [4.78, 5) is 18.1. The molecule has 18 heavy (non-hydrogen) atoms. The number of carbonyl (C=O) groups is 1. The summed E-state index contributed by atoms with van der Waals surface area (Å²) in [6.45, 7) is 0. The van der Waals surface area contributed by atoms with Crippen molar-refractivity contribution in [3.8, 4) is 0 Å². The lowest BCUT2D eigenvalue weighted by molar-refractivity contribution is -0.120. The van der Waals surface area contributed by atoms with Crippen molar-refractivity contribution in [2.75, 3.05) is 0 Å². The summed E-state index contributed by atoms with van der Waals surface area (Å²) in [6, 6.07) is 9.73. The van der Waals surface area contributed by atoms with E-state index in [1.165, 1.54) is 11.8 Å². The molecule has 2 aliphatic heterocycles. The van der Waals surface area contributed by atoms with E-state index in [1.54, 1.807) is 11.1 Å². The number of nitrogens with zero attached hydrogens (tertiary/aromatic N) is 2. The minimum atomic E-state index is -0.0821. The molecule has 4 heteroatoms. The normalized spacial score (nSPS) is 20.0. The summed E-state index contributed by atoms with van der Waals surface area (Å²) in [6.07, 6.45) is 7.27. The van der Waals surface area contributed by atoms with Crippen LogP contribution in [0.15, 0.2) is 64.8 Å². The van der Waals surface area contributed by atoms with Crippen LogP contribution in [0, 0.1) is 0 Å².